The van der Waals surface area contributed by atoms with E-state index in [-0.39, 0.29) is 23.8 Å². The molecule has 1 amide bonds. The molecule has 0 aliphatic heterocycles. The number of carbonyl (C=O) groups is 1. The molecule has 25 heavy (non-hydrogen) atoms. The Morgan fingerprint density at radius 1 is 1.16 bits per heavy atom. The van der Waals surface area contributed by atoms with E-state index in [0.717, 1.165) is 21.9 Å². The van der Waals surface area contributed by atoms with E-state index in [4.69, 9.17) is 16.3 Å². The number of nitrogens with zero attached hydrogens (tertiary/aromatic N) is 1. The molecule has 0 heterocycles. The molecular weight excluding hydrogens is 364 g/mol. The zero-order valence-corrected chi connectivity index (χ0v) is 15.5. The summed E-state index contributed by atoms with van der Waals surface area (Å²) in [6.45, 7) is -0.0678. The van der Waals surface area contributed by atoms with Crippen LogP contribution in [0.4, 0.5) is 5.69 Å². The first-order valence-corrected chi connectivity index (χ1v) is 9.66. The Bertz CT molecular complexity index is 838. The molecule has 0 unspecified atom stereocenters. The summed E-state index contributed by atoms with van der Waals surface area (Å²) in [6, 6.07) is 13.7. The van der Waals surface area contributed by atoms with Gasteiger partial charge in [0, 0.05) is 6.54 Å². The van der Waals surface area contributed by atoms with Crippen LogP contribution in [-0.4, -0.2) is 34.2 Å². The monoisotopic (exact) mass is 382 g/mol. The largest absolute Gasteiger partial charge is 0.497 e. The predicted molar refractivity (Wildman–Crippen MR) is 98.5 cm³/mol. The molecule has 0 aliphatic carbocycles. The minimum atomic E-state index is -3.66. The van der Waals surface area contributed by atoms with Gasteiger partial charge in [0.2, 0.25) is 15.9 Å². The number of anilines is 1. The molecule has 0 aliphatic rings. The Morgan fingerprint density at radius 2 is 1.80 bits per heavy atom. The van der Waals surface area contributed by atoms with Crippen LogP contribution in [0.5, 0.6) is 5.75 Å². The molecule has 0 saturated heterocycles. The van der Waals surface area contributed by atoms with Gasteiger partial charge in [0.1, 0.15) is 12.3 Å². The van der Waals surface area contributed by atoms with Gasteiger partial charge in [-0.25, -0.2) is 8.42 Å². The average Bonchev–Trinajstić information content (AvgIpc) is 2.58. The standard InChI is InChI=1S/C17H19ClN2O4S/c1-24-14-9-7-13(8-10-14)11-19-17(21)12-20(25(2,22)23)16-6-4-3-5-15(16)18/h3-10H,11-12H2,1-2H3,(H,19,21). The molecule has 0 fully saturated rings. The summed E-state index contributed by atoms with van der Waals surface area (Å²) >= 11 is 6.06. The maximum Gasteiger partial charge on any atom is 0.241 e. The van der Waals surface area contributed by atoms with Gasteiger partial charge in [0.15, 0.2) is 0 Å². The van der Waals surface area contributed by atoms with Crippen molar-refractivity contribution in [2.45, 2.75) is 6.54 Å². The Kier molecular flexibility index (Phi) is 6.27. The first-order chi connectivity index (χ1) is 11.8. The number of methoxy groups -OCH3 is 1. The number of carbonyl (C=O) groups excluding carboxylic acids is 1. The fraction of sp³-hybridized carbons (Fsp3) is 0.235. The zero-order valence-electron chi connectivity index (χ0n) is 13.9. The van der Waals surface area contributed by atoms with Gasteiger partial charge in [0.25, 0.3) is 0 Å². The first-order valence-electron chi connectivity index (χ1n) is 7.43. The second-order valence-electron chi connectivity index (χ2n) is 5.35. The topological polar surface area (TPSA) is 75.7 Å². The first kappa shape index (κ1) is 19.1. The molecule has 2 aromatic rings. The molecule has 2 aromatic carbocycles. The van der Waals surface area contributed by atoms with Crippen molar-refractivity contribution in [1.29, 1.82) is 0 Å². The summed E-state index contributed by atoms with van der Waals surface area (Å²) in [4.78, 5) is 12.2. The molecule has 0 spiro atoms. The Labute approximate surface area is 152 Å². The maximum absolute atomic E-state index is 12.2. The number of hydrogen-bond acceptors (Lipinski definition) is 4. The summed E-state index contributed by atoms with van der Waals surface area (Å²) in [7, 11) is -2.08. The van der Waals surface area contributed by atoms with Gasteiger partial charge in [-0.1, -0.05) is 35.9 Å². The highest BCUT2D eigenvalue weighted by atomic mass is 35.5. The van der Waals surface area contributed by atoms with E-state index in [9.17, 15) is 13.2 Å². The number of sulfonamides is 1. The van der Waals surface area contributed by atoms with Crippen molar-refractivity contribution in [1.82, 2.24) is 5.32 Å². The Morgan fingerprint density at radius 3 is 2.36 bits per heavy atom. The summed E-state index contributed by atoms with van der Waals surface area (Å²) < 4.78 is 30.1. The van der Waals surface area contributed by atoms with Crippen LogP contribution in [0, 0.1) is 0 Å². The Hall–Kier alpha value is -2.25. The third-order valence-corrected chi connectivity index (χ3v) is 4.90. The lowest BCUT2D eigenvalue weighted by atomic mass is 10.2. The van der Waals surface area contributed by atoms with Crippen LogP contribution in [-0.2, 0) is 21.4 Å². The van der Waals surface area contributed by atoms with Crippen molar-refractivity contribution in [3.8, 4) is 5.75 Å². The van der Waals surface area contributed by atoms with Crippen LogP contribution in [0.3, 0.4) is 0 Å². The van der Waals surface area contributed by atoms with E-state index in [2.05, 4.69) is 5.32 Å². The molecule has 0 radical (unpaired) electrons. The zero-order chi connectivity index (χ0) is 18.4. The van der Waals surface area contributed by atoms with Crippen LogP contribution in [0.15, 0.2) is 48.5 Å². The SMILES string of the molecule is COc1ccc(CNC(=O)CN(c2ccccc2Cl)S(C)(=O)=O)cc1. The summed E-state index contributed by atoms with van der Waals surface area (Å²) in [5.74, 6) is 0.290. The molecule has 0 atom stereocenters. The fourth-order valence-corrected chi connectivity index (χ4v) is 3.32. The minimum Gasteiger partial charge on any atom is -0.497 e. The molecule has 2 rings (SSSR count). The second kappa shape index (κ2) is 8.22. The highest BCUT2D eigenvalue weighted by Gasteiger charge is 2.22. The molecular formula is C17H19ClN2O4S. The van der Waals surface area contributed by atoms with Gasteiger partial charge in [-0.3, -0.25) is 9.10 Å². The van der Waals surface area contributed by atoms with Crippen molar-refractivity contribution in [2.24, 2.45) is 0 Å². The molecule has 8 heteroatoms. The quantitative estimate of drug-likeness (QED) is 0.798. The number of nitrogens with one attached hydrogen (secondary N) is 1. The van der Waals surface area contributed by atoms with Crippen LogP contribution < -0.4 is 14.4 Å². The second-order valence-corrected chi connectivity index (χ2v) is 7.66. The maximum atomic E-state index is 12.2. The number of ether oxygens (including phenoxy) is 1. The third-order valence-electron chi connectivity index (χ3n) is 3.46. The molecule has 0 aromatic heterocycles. The molecule has 1 N–H and O–H groups in total. The number of para-hydroxylation sites is 1. The van der Waals surface area contributed by atoms with Crippen molar-refractivity contribution in [3.05, 3.63) is 59.1 Å². The van der Waals surface area contributed by atoms with Crippen LogP contribution in [0.25, 0.3) is 0 Å². The van der Waals surface area contributed by atoms with E-state index in [0.29, 0.717) is 0 Å². The van der Waals surface area contributed by atoms with Gasteiger partial charge in [-0.2, -0.15) is 0 Å². The van der Waals surface area contributed by atoms with E-state index in [1.54, 1.807) is 43.5 Å². The predicted octanol–water partition coefficient (Wildman–Crippen LogP) is 2.43. The van der Waals surface area contributed by atoms with Crippen LogP contribution in [0.1, 0.15) is 5.56 Å². The number of hydrogen-bond donors (Lipinski definition) is 1. The van der Waals surface area contributed by atoms with E-state index in [1.165, 1.54) is 0 Å². The summed E-state index contributed by atoms with van der Waals surface area (Å²) in [5, 5.41) is 2.96. The summed E-state index contributed by atoms with van der Waals surface area (Å²) in [6.07, 6.45) is 1.03. The van der Waals surface area contributed by atoms with Crippen molar-refractivity contribution >= 4 is 33.2 Å². The lowest BCUT2D eigenvalue weighted by Crippen LogP contribution is -2.40. The highest BCUT2D eigenvalue weighted by Crippen LogP contribution is 2.26. The Balaban J connectivity index is 2.06. The van der Waals surface area contributed by atoms with Gasteiger partial charge >= 0.3 is 0 Å². The van der Waals surface area contributed by atoms with Crippen molar-refractivity contribution in [3.63, 3.8) is 0 Å². The van der Waals surface area contributed by atoms with E-state index >= 15 is 0 Å². The van der Waals surface area contributed by atoms with Gasteiger partial charge in [-0.15, -0.1) is 0 Å². The molecule has 134 valence electrons. The fourth-order valence-electron chi connectivity index (χ4n) is 2.17. The number of amides is 1. The van der Waals surface area contributed by atoms with Crippen molar-refractivity contribution < 1.29 is 17.9 Å². The molecule has 6 nitrogen and oxygen atoms in total. The normalized spacial score (nSPS) is 11.0. The van der Waals surface area contributed by atoms with Crippen molar-refractivity contribution in [2.75, 3.05) is 24.2 Å². The van der Waals surface area contributed by atoms with Gasteiger partial charge < -0.3 is 10.1 Å². The highest BCUT2D eigenvalue weighted by molar-refractivity contribution is 7.92. The smallest absolute Gasteiger partial charge is 0.241 e. The number of rotatable bonds is 7. The average molecular weight is 383 g/mol. The third kappa shape index (κ3) is 5.37. The lowest BCUT2D eigenvalue weighted by Gasteiger charge is -2.22. The van der Waals surface area contributed by atoms with E-state index < -0.39 is 15.9 Å². The van der Waals surface area contributed by atoms with Gasteiger partial charge in [0.05, 0.1) is 24.1 Å². The van der Waals surface area contributed by atoms with E-state index in [1.807, 2.05) is 12.1 Å². The van der Waals surface area contributed by atoms with Gasteiger partial charge in [-0.05, 0) is 29.8 Å². The number of benzene rings is 2. The number of halogens is 1. The molecule has 0 bridgehead atoms. The molecule has 0 saturated carbocycles. The summed E-state index contributed by atoms with van der Waals surface area (Å²) in [5.41, 5.74) is 1.14. The minimum absolute atomic E-state index is 0.260. The van der Waals surface area contributed by atoms with Crippen LogP contribution in [0.2, 0.25) is 5.02 Å². The lowest BCUT2D eigenvalue weighted by molar-refractivity contribution is -0.119. The van der Waals surface area contributed by atoms with Crippen LogP contribution >= 0.6 is 11.6 Å².